The highest BCUT2D eigenvalue weighted by molar-refractivity contribution is 6.07. The lowest BCUT2D eigenvalue weighted by molar-refractivity contribution is 0.669. The topological polar surface area (TPSA) is 55.1 Å². The van der Waals surface area contributed by atoms with E-state index in [2.05, 4.69) is 132 Å². The summed E-state index contributed by atoms with van der Waals surface area (Å²) >= 11 is 0. The molecule has 5 nitrogen and oxygen atoms in total. The van der Waals surface area contributed by atoms with Crippen molar-refractivity contribution < 1.29 is 4.42 Å². The Bertz CT molecular complexity index is 2880. The quantitative estimate of drug-likeness (QED) is 0.166. The molecule has 0 fully saturated rings. The molecule has 0 bridgehead atoms. The Balaban J connectivity index is 1.05. The zero-order chi connectivity index (χ0) is 35.8. The normalized spacial score (nSPS) is 11.3. The van der Waals surface area contributed by atoms with Gasteiger partial charge in [0, 0.05) is 44.2 Å². The van der Waals surface area contributed by atoms with Crippen molar-refractivity contribution in [3.05, 3.63) is 194 Å². The second-order valence-electron chi connectivity index (χ2n) is 13.3. The van der Waals surface area contributed by atoms with Crippen molar-refractivity contribution >= 4 is 49.8 Å². The Morgan fingerprint density at radius 1 is 0.333 bits per heavy atom. The summed E-state index contributed by atoms with van der Waals surface area (Å²) in [6, 6.07) is 67.0. The molecular formula is C49H32N4O. The maximum Gasteiger partial charge on any atom is 0.164 e. The molecule has 0 amide bonds. The van der Waals surface area contributed by atoms with Crippen molar-refractivity contribution in [1.82, 2.24) is 15.0 Å². The molecule has 8 aromatic carbocycles. The largest absolute Gasteiger partial charge is 0.456 e. The Morgan fingerprint density at radius 2 is 0.815 bits per heavy atom. The first kappa shape index (κ1) is 31.4. The highest BCUT2D eigenvalue weighted by atomic mass is 16.3. The molecule has 54 heavy (non-hydrogen) atoms. The maximum absolute atomic E-state index is 6.59. The van der Waals surface area contributed by atoms with Crippen LogP contribution in [0.3, 0.4) is 0 Å². The Morgan fingerprint density at radius 3 is 1.50 bits per heavy atom. The van der Waals surface area contributed by atoms with Crippen LogP contribution in [0.1, 0.15) is 0 Å². The molecule has 10 aromatic rings. The Kier molecular flexibility index (Phi) is 7.73. The van der Waals surface area contributed by atoms with Crippen molar-refractivity contribution in [2.24, 2.45) is 0 Å². The summed E-state index contributed by atoms with van der Waals surface area (Å²) in [4.78, 5) is 17.0. The van der Waals surface area contributed by atoms with Crippen LogP contribution in [0.5, 0.6) is 0 Å². The number of hydrogen-bond donors (Lipinski definition) is 0. The van der Waals surface area contributed by atoms with E-state index in [0.29, 0.717) is 17.5 Å². The molecule has 0 aliphatic carbocycles. The fraction of sp³-hybridized carbons (Fsp3) is 0. The number of rotatable bonds is 7. The summed E-state index contributed by atoms with van der Waals surface area (Å²) in [7, 11) is 0. The molecule has 2 aromatic heterocycles. The van der Waals surface area contributed by atoms with E-state index >= 15 is 0 Å². The van der Waals surface area contributed by atoms with Gasteiger partial charge in [-0.1, -0.05) is 140 Å². The summed E-state index contributed by atoms with van der Waals surface area (Å²) in [5.41, 5.74) is 9.81. The van der Waals surface area contributed by atoms with E-state index in [1.807, 2.05) is 66.7 Å². The first-order valence-corrected chi connectivity index (χ1v) is 18.0. The van der Waals surface area contributed by atoms with Crippen LogP contribution in [0.25, 0.3) is 78.0 Å². The molecule has 0 atom stereocenters. The second kappa shape index (κ2) is 13.3. The van der Waals surface area contributed by atoms with Gasteiger partial charge < -0.3 is 9.32 Å². The van der Waals surface area contributed by atoms with Crippen LogP contribution in [0, 0.1) is 0 Å². The van der Waals surface area contributed by atoms with Gasteiger partial charge in [-0.25, -0.2) is 15.0 Å². The van der Waals surface area contributed by atoms with Crippen LogP contribution < -0.4 is 4.90 Å². The molecule has 0 radical (unpaired) electrons. The first-order valence-electron chi connectivity index (χ1n) is 18.0. The third kappa shape index (κ3) is 5.74. The number of anilines is 3. The molecule has 0 aliphatic heterocycles. The van der Waals surface area contributed by atoms with Crippen molar-refractivity contribution in [3.63, 3.8) is 0 Å². The number of hydrogen-bond acceptors (Lipinski definition) is 5. The summed E-state index contributed by atoms with van der Waals surface area (Å²) in [5.74, 6) is 1.85. The predicted molar refractivity (Wildman–Crippen MR) is 221 cm³/mol. The smallest absolute Gasteiger partial charge is 0.164 e. The molecule has 0 saturated heterocycles. The van der Waals surface area contributed by atoms with Gasteiger partial charge in [0.25, 0.3) is 0 Å². The lowest BCUT2D eigenvalue weighted by atomic mass is 10.0. The van der Waals surface area contributed by atoms with Crippen LogP contribution in [0.15, 0.2) is 199 Å². The third-order valence-corrected chi connectivity index (χ3v) is 9.89. The summed E-state index contributed by atoms with van der Waals surface area (Å²) in [6.07, 6.45) is 0. The zero-order valence-electron chi connectivity index (χ0n) is 29.2. The van der Waals surface area contributed by atoms with E-state index < -0.39 is 0 Å². The average molecular weight is 693 g/mol. The van der Waals surface area contributed by atoms with Crippen molar-refractivity contribution in [1.29, 1.82) is 0 Å². The standard InChI is InChI=1S/C49H32N4O/c1-4-15-34(16-5-1)47-50-48(35-17-6-2-7-18-35)52-49(51-47)38-27-29-43-42-28-26-37(31-45(42)54-46(43)32-38)36-20-12-23-40(30-36)53(39-21-8-3-9-22-39)44-25-13-19-33-14-10-11-24-41(33)44/h1-32H. The van der Waals surface area contributed by atoms with Gasteiger partial charge in [-0.05, 0) is 71.1 Å². The van der Waals surface area contributed by atoms with Gasteiger partial charge in [0.05, 0.1) is 5.69 Å². The zero-order valence-corrected chi connectivity index (χ0v) is 29.2. The van der Waals surface area contributed by atoms with Crippen LogP contribution in [0.2, 0.25) is 0 Å². The SMILES string of the molecule is c1ccc(-c2nc(-c3ccccc3)nc(-c3ccc4c(c3)oc3cc(-c5cccc(N(c6ccccc6)c6cccc7ccccc67)c5)ccc34)n2)cc1. The van der Waals surface area contributed by atoms with Crippen molar-refractivity contribution in [3.8, 4) is 45.3 Å². The van der Waals surface area contributed by atoms with E-state index in [-0.39, 0.29) is 0 Å². The van der Waals surface area contributed by atoms with Gasteiger partial charge in [-0.3, -0.25) is 0 Å². The van der Waals surface area contributed by atoms with E-state index in [4.69, 9.17) is 19.4 Å². The van der Waals surface area contributed by atoms with Gasteiger partial charge in [0.1, 0.15) is 11.2 Å². The second-order valence-corrected chi connectivity index (χ2v) is 13.3. The molecule has 5 heteroatoms. The van der Waals surface area contributed by atoms with Crippen LogP contribution in [-0.2, 0) is 0 Å². The maximum atomic E-state index is 6.59. The van der Waals surface area contributed by atoms with Crippen LogP contribution >= 0.6 is 0 Å². The molecule has 10 rings (SSSR count). The lowest BCUT2D eigenvalue weighted by Gasteiger charge is -2.27. The lowest BCUT2D eigenvalue weighted by Crippen LogP contribution is -2.10. The average Bonchev–Trinajstić information content (AvgIpc) is 3.62. The molecule has 254 valence electrons. The fourth-order valence-corrected chi connectivity index (χ4v) is 7.27. The van der Waals surface area contributed by atoms with Crippen molar-refractivity contribution in [2.75, 3.05) is 4.90 Å². The number of benzene rings is 8. The Labute approximate surface area is 312 Å². The van der Waals surface area contributed by atoms with E-state index in [0.717, 1.165) is 66.8 Å². The number of nitrogens with zero attached hydrogens (tertiary/aromatic N) is 4. The molecule has 0 unspecified atom stereocenters. The molecule has 0 N–H and O–H groups in total. The minimum absolute atomic E-state index is 0.594. The third-order valence-electron chi connectivity index (χ3n) is 9.89. The number of para-hydroxylation sites is 1. The summed E-state index contributed by atoms with van der Waals surface area (Å²) in [5, 5.41) is 4.50. The fourth-order valence-electron chi connectivity index (χ4n) is 7.27. The van der Waals surface area contributed by atoms with E-state index in [1.54, 1.807) is 0 Å². The van der Waals surface area contributed by atoms with Gasteiger partial charge in [-0.2, -0.15) is 0 Å². The van der Waals surface area contributed by atoms with Gasteiger partial charge in [0.2, 0.25) is 0 Å². The van der Waals surface area contributed by atoms with Gasteiger partial charge >= 0.3 is 0 Å². The molecule has 0 saturated carbocycles. The molecular weight excluding hydrogens is 661 g/mol. The molecule has 0 aliphatic rings. The predicted octanol–water partition coefficient (Wildman–Crippen LogP) is 13.1. The highest BCUT2D eigenvalue weighted by Gasteiger charge is 2.18. The minimum atomic E-state index is 0.594. The van der Waals surface area contributed by atoms with Gasteiger partial charge in [-0.15, -0.1) is 0 Å². The summed E-state index contributed by atoms with van der Waals surface area (Å²) in [6.45, 7) is 0. The van der Waals surface area contributed by atoms with E-state index in [1.165, 1.54) is 10.8 Å². The highest BCUT2D eigenvalue weighted by Crippen LogP contribution is 2.41. The minimum Gasteiger partial charge on any atom is -0.456 e. The number of aromatic nitrogens is 3. The monoisotopic (exact) mass is 692 g/mol. The number of furan rings is 1. The summed E-state index contributed by atoms with van der Waals surface area (Å²) < 4.78 is 6.59. The van der Waals surface area contributed by atoms with Gasteiger partial charge in [0.15, 0.2) is 17.5 Å². The first-order chi connectivity index (χ1) is 26.7. The number of fused-ring (bicyclic) bond motifs is 4. The van der Waals surface area contributed by atoms with Crippen LogP contribution in [0.4, 0.5) is 17.1 Å². The molecule has 2 heterocycles. The van der Waals surface area contributed by atoms with Crippen molar-refractivity contribution in [2.45, 2.75) is 0 Å². The molecule has 0 spiro atoms. The van der Waals surface area contributed by atoms with E-state index in [9.17, 15) is 0 Å². The van der Waals surface area contributed by atoms with Crippen LogP contribution in [-0.4, -0.2) is 15.0 Å². The Hall–Kier alpha value is -7.37.